The number of fused-ring (bicyclic) bond motifs is 1. The molecule has 2 aliphatic rings. The molecule has 0 bridgehead atoms. The van der Waals surface area contributed by atoms with Gasteiger partial charge in [-0.05, 0) is 30.5 Å². The number of methoxy groups -OCH3 is 1. The molecule has 1 unspecified atom stereocenters. The summed E-state index contributed by atoms with van der Waals surface area (Å²) < 4.78 is 10.7. The van der Waals surface area contributed by atoms with Gasteiger partial charge in [0, 0.05) is 36.9 Å². The Morgan fingerprint density at radius 2 is 2.26 bits per heavy atom. The number of ether oxygens (including phenoxy) is 2. The van der Waals surface area contributed by atoms with E-state index in [0.717, 1.165) is 67.7 Å². The second kappa shape index (κ2) is 8.27. The molecule has 1 aromatic carbocycles. The van der Waals surface area contributed by atoms with Gasteiger partial charge in [0.2, 0.25) is 5.91 Å². The van der Waals surface area contributed by atoms with Gasteiger partial charge in [-0.15, -0.1) is 11.3 Å². The zero-order valence-corrected chi connectivity index (χ0v) is 16.4. The summed E-state index contributed by atoms with van der Waals surface area (Å²) in [6.45, 7) is 3.85. The first-order chi connectivity index (χ1) is 13.2. The van der Waals surface area contributed by atoms with Crippen LogP contribution in [0.2, 0.25) is 0 Å². The number of carbonyl (C=O) groups is 1. The standard InChI is InChI=1S/C20H25N3O3S/c1-25-16-4-2-3-14(11-16)13-21-19(24)15-5-6-18-17(12-15)22-20(27-18)23-7-9-26-10-8-23/h2-4,11,15H,5-10,12-13H2,1H3,(H,21,24). The fourth-order valence-corrected chi connectivity index (χ4v) is 4.75. The van der Waals surface area contributed by atoms with Crippen molar-refractivity contribution < 1.29 is 14.3 Å². The number of aryl methyl sites for hydroxylation is 1. The first kappa shape index (κ1) is 18.3. The van der Waals surface area contributed by atoms with E-state index >= 15 is 0 Å². The van der Waals surface area contributed by atoms with Crippen molar-refractivity contribution in [2.24, 2.45) is 5.92 Å². The van der Waals surface area contributed by atoms with Crippen molar-refractivity contribution in [2.45, 2.75) is 25.8 Å². The molecule has 2 heterocycles. The molecule has 0 saturated carbocycles. The van der Waals surface area contributed by atoms with Crippen molar-refractivity contribution in [3.8, 4) is 5.75 Å². The molecule has 4 rings (SSSR count). The first-order valence-corrected chi connectivity index (χ1v) is 10.3. The van der Waals surface area contributed by atoms with Gasteiger partial charge in [0.15, 0.2) is 5.13 Å². The molecule has 1 amide bonds. The van der Waals surface area contributed by atoms with Crippen LogP contribution in [-0.4, -0.2) is 44.3 Å². The topological polar surface area (TPSA) is 63.7 Å². The Hall–Kier alpha value is -2.12. The van der Waals surface area contributed by atoms with E-state index in [9.17, 15) is 4.79 Å². The molecule has 1 atom stereocenters. The minimum atomic E-state index is 0.00254. The lowest BCUT2D eigenvalue weighted by Crippen LogP contribution is -2.36. The number of aromatic nitrogens is 1. The molecular formula is C20H25N3O3S. The van der Waals surface area contributed by atoms with Crippen LogP contribution in [0.3, 0.4) is 0 Å². The highest BCUT2D eigenvalue weighted by Crippen LogP contribution is 2.34. The van der Waals surface area contributed by atoms with E-state index in [2.05, 4.69) is 10.2 Å². The summed E-state index contributed by atoms with van der Waals surface area (Å²) in [6, 6.07) is 7.79. The van der Waals surface area contributed by atoms with Crippen LogP contribution in [0.4, 0.5) is 5.13 Å². The molecule has 7 heteroatoms. The molecular weight excluding hydrogens is 362 g/mol. The normalized spacial score (nSPS) is 19.4. The lowest BCUT2D eigenvalue weighted by molar-refractivity contribution is -0.125. The maximum absolute atomic E-state index is 12.7. The summed E-state index contributed by atoms with van der Waals surface area (Å²) in [5.41, 5.74) is 2.15. The van der Waals surface area contributed by atoms with E-state index in [0.29, 0.717) is 6.54 Å². The third-order valence-electron chi connectivity index (χ3n) is 5.18. The maximum atomic E-state index is 12.7. The first-order valence-electron chi connectivity index (χ1n) is 9.45. The van der Waals surface area contributed by atoms with Gasteiger partial charge in [-0.1, -0.05) is 12.1 Å². The molecule has 144 valence electrons. The Kier molecular flexibility index (Phi) is 5.59. The second-order valence-electron chi connectivity index (χ2n) is 6.97. The van der Waals surface area contributed by atoms with Crippen LogP contribution in [0.5, 0.6) is 5.75 Å². The van der Waals surface area contributed by atoms with Gasteiger partial charge in [0.1, 0.15) is 5.75 Å². The smallest absolute Gasteiger partial charge is 0.223 e. The van der Waals surface area contributed by atoms with E-state index in [1.807, 2.05) is 24.3 Å². The van der Waals surface area contributed by atoms with Crippen molar-refractivity contribution in [2.75, 3.05) is 38.3 Å². The average Bonchev–Trinajstić information content (AvgIpc) is 3.16. The SMILES string of the molecule is COc1cccc(CNC(=O)C2CCc3sc(N4CCOCC4)nc3C2)c1. The van der Waals surface area contributed by atoms with Crippen molar-refractivity contribution in [1.82, 2.24) is 10.3 Å². The van der Waals surface area contributed by atoms with E-state index in [1.54, 1.807) is 18.4 Å². The lowest BCUT2D eigenvalue weighted by atomic mass is 9.90. The Bertz CT molecular complexity index is 802. The minimum absolute atomic E-state index is 0.00254. The zero-order chi connectivity index (χ0) is 18.6. The molecule has 1 N–H and O–H groups in total. The summed E-state index contributed by atoms with van der Waals surface area (Å²) in [7, 11) is 1.65. The number of carbonyl (C=O) groups excluding carboxylic acids is 1. The maximum Gasteiger partial charge on any atom is 0.223 e. The molecule has 27 heavy (non-hydrogen) atoms. The van der Waals surface area contributed by atoms with Crippen molar-refractivity contribution >= 4 is 22.4 Å². The summed E-state index contributed by atoms with van der Waals surface area (Å²) in [5, 5.41) is 4.16. The number of nitrogens with zero attached hydrogens (tertiary/aromatic N) is 2. The molecule has 1 fully saturated rings. The van der Waals surface area contributed by atoms with Crippen molar-refractivity contribution in [3.05, 3.63) is 40.4 Å². The molecule has 0 radical (unpaired) electrons. The van der Waals surface area contributed by atoms with Crippen LogP contribution in [0.1, 0.15) is 22.6 Å². The van der Waals surface area contributed by atoms with Crippen LogP contribution in [0.25, 0.3) is 0 Å². The number of morpholine rings is 1. The van der Waals surface area contributed by atoms with Gasteiger partial charge >= 0.3 is 0 Å². The third-order valence-corrected chi connectivity index (χ3v) is 6.40. The Morgan fingerprint density at radius 3 is 3.07 bits per heavy atom. The number of anilines is 1. The highest BCUT2D eigenvalue weighted by atomic mass is 32.1. The summed E-state index contributed by atoms with van der Waals surface area (Å²) in [6.07, 6.45) is 2.57. The van der Waals surface area contributed by atoms with E-state index in [-0.39, 0.29) is 11.8 Å². The quantitative estimate of drug-likeness (QED) is 0.854. The van der Waals surface area contributed by atoms with Crippen LogP contribution < -0.4 is 15.0 Å². The van der Waals surface area contributed by atoms with Gasteiger partial charge in [-0.2, -0.15) is 0 Å². The largest absolute Gasteiger partial charge is 0.497 e. The fraction of sp³-hybridized carbons (Fsp3) is 0.500. The third kappa shape index (κ3) is 4.25. The van der Waals surface area contributed by atoms with E-state index in [4.69, 9.17) is 14.5 Å². The number of rotatable bonds is 5. The molecule has 6 nitrogen and oxygen atoms in total. The Balaban J connectivity index is 1.35. The van der Waals surface area contributed by atoms with E-state index < -0.39 is 0 Å². The van der Waals surface area contributed by atoms with Crippen LogP contribution in [0.15, 0.2) is 24.3 Å². The fourth-order valence-electron chi connectivity index (χ4n) is 3.59. The number of hydrogen-bond acceptors (Lipinski definition) is 6. The van der Waals surface area contributed by atoms with Crippen molar-refractivity contribution in [3.63, 3.8) is 0 Å². The van der Waals surface area contributed by atoms with Crippen LogP contribution in [0, 0.1) is 5.92 Å². The predicted molar refractivity (Wildman–Crippen MR) is 106 cm³/mol. The van der Waals surface area contributed by atoms with Gasteiger partial charge in [-0.3, -0.25) is 4.79 Å². The highest BCUT2D eigenvalue weighted by molar-refractivity contribution is 7.15. The van der Waals surface area contributed by atoms with Crippen molar-refractivity contribution in [1.29, 1.82) is 0 Å². The van der Waals surface area contributed by atoms with Gasteiger partial charge in [0.25, 0.3) is 0 Å². The van der Waals surface area contributed by atoms with Crippen LogP contribution >= 0.6 is 11.3 Å². The molecule has 1 aliphatic heterocycles. The monoisotopic (exact) mass is 387 g/mol. The number of benzene rings is 1. The summed E-state index contributed by atoms with van der Waals surface area (Å²) >= 11 is 1.78. The highest BCUT2D eigenvalue weighted by Gasteiger charge is 2.28. The van der Waals surface area contributed by atoms with Gasteiger partial charge in [0.05, 0.1) is 26.0 Å². The molecule has 2 aromatic rings. The Morgan fingerprint density at radius 1 is 1.41 bits per heavy atom. The second-order valence-corrected chi connectivity index (χ2v) is 8.04. The average molecular weight is 388 g/mol. The van der Waals surface area contributed by atoms with Gasteiger partial charge < -0.3 is 19.7 Å². The molecule has 1 aromatic heterocycles. The number of hydrogen-bond donors (Lipinski definition) is 1. The Labute approximate surface area is 163 Å². The van der Waals surface area contributed by atoms with Gasteiger partial charge in [-0.25, -0.2) is 4.98 Å². The van der Waals surface area contributed by atoms with E-state index in [1.165, 1.54) is 4.88 Å². The number of nitrogens with one attached hydrogen (secondary N) is 1. The summed E-state index contributed by atoms with van der Waals surface area (Å²) in [5.74, 6) is 0.925. The zero-order valence-electron chi connectivity index (χ0n) is 15.6. The lowest BCUT2D eigenvalue weighted by Gasteiger charge is -2.26. The minimum Gasteiger partial charge on any atom is -0.497 e. The number of amides is 1. The molecule has 1 saturated heterocycles. The van der Waals surface area contributed by atoms with Crippen LogP contribution in [-0.2, 0) is 28.9 Å². The molecule has 0 spiro atoms. The molecule has 1 aliphatic carbocycles. The summed E-state index contributed by atoms with van der Waals surface area (Å²) in [4.78, 5) is 21.1. The number of thiazole rings is 1. The predicted octanol–water partition coefficient (Wildman–Crippen LogP) is 2.41.